The van der Waals surface area contributed by atoms with E-state index in [1.54, 1.807) is 12.1 Å². The molecule has 0 aromatic heterocycles. The molecule has 0 aliphatic heterocycles. The fraction of sp³-hybridized carbons (Fsp3) is 0.200. The summed E-state index contributed by atoms with van der Waals surface area (Å²) in [5.41, 5.74) is 2.79. The molecular weight excluding hydrogens is 315 g/mol. The highest BCUT2D eigenvalue weighted by molar-refractivity contribution is 9.10. The lowest BCUT2D eigenvalue weighted by molar-refractivity contribution is 0.607. The number of rotatable bonds is 3. The van der Waals surface area contributed by atoms with Crippen molar-refractivity contribution in [3.05, 3.63) is 69.4 Å². The summed E-state index contributed by atoms with van der Waals surface area (Å²) >= 11 is 9.88. The van der Waals surface area contributed by atoms with Gasteiger partial charge in [-0.25, -0.2) is 4.39 Å². The zero-order valence-electron chi connectivity index (χ0n) is 9.96. The van der Waals surface area contributed by atoms with Gasteiger partial charge in [0, 0.05) is 4.47 Å². The van der Waals surface area contributed by atoms with Crippen molar-refractivity contribution in [2.75, 3.05) is 0 Å². The van der Waals surface area contributed by atoms with Crippen LogP contribution in [0.15, 0.2) is 46.9 Å². The molecule has 0 nitrogen and oxygen atoms in total. The van der Waals surface area contributed by atoms with Crippen molar-refractivity contribution < 1.29 is 4.39 Å². The Labute approximate surface area is 120 Å². The summed E-state index contributed by atoms with van der Waals surface area (Å²) in [5, 5.41) is -0.223. The third-order valence-corrected chi connectivity index (χ3v) is 4.25. The average Bonchev–Trinajstić information content (AvgIpc) is 2.35. The molecule has 0 heterocycles. The molecule has 3 heteroatoms. The lowest BCUT2D eigenvalue weighted by Gasteiger charge is -2.14. The molecule has 0 aliphatic carbocycles. The van der Waals surface area contributed by atoms with E-state index in [2.05, 4.69) is 15.9 Å². The highest BCUT2D eigenvalue weighted by Gasteiger charge is 2.14. The van der Waals surface area contributed by atoms with E-state index in [1.807, 2.05) is 31.2 Å². The number of alkyl halides is 1. The van der Waals surface area contributed by atoms with Gasteiger partial charge in [-0.3, -0.25) is 0 Å². The van der Waals surface area contributed by atoms with E-state index in [-0.39, 0.29) is 11.2 Å². The van der Waals surface area contributed by atoms with Gasteiger partial charge in [0.1, 0.15) is 5.82 Å². The summed E-state index contributed by atoms with van der Waals surface area (Å²) in [6.07, 6.45) is 0.492. The highest BCUT2D eigenvalue weighted by Crippen LogP contribution is 2.31. The van der Waals surface area contributed by atoms with Crippen LogP contribution in [0.4, 0.5) is 4.39 Å². The van der Waals surface area contributed by atoms with Crippen LogP contribution in [-0.2, 0) is 6.42 Å². The number of halogens is 3. The van der Waals surface area contributed by atoms with Crippen LogP contribution in [0.3, 0.4) is 0 Å². The van der Waals surface area contributed by atoms with Crippen LogP contribution >= 0.6 is 27.5 Å². The van der Waals surface area contributed by atoms with Gasteiger partial charge in [-0.15, -0.1) is 11.6 Å². The molecule has 1 atom stereocenters. The molecule has 0 amide bonds. The summed E-state index contributed by atoms with van der Waals surface area (Å²) in [7, 11) is 0. The van der Waals surface area contributed by atoms with Crippen molar-refractivity contribution in [2.24, 2.45) is 0 Å². The highest BCUT2D eigenvalue weighted by atomic mass is 79.9. The van der Waals surface area contributed by atoms with E-state index in [0.717, 1.165) is 15.6 Å². The molecule has 18 heavy (non-hydrogen) atoms. The smallest absolute Gasteiger partial charge is 0.126 e. The van der Waals surface area contributed by atoms with Gasteiger partial charge in [-0.2, -0.15) is 0 Å². The van der Waals surface area contributed by atoms with Crippen LogP contribution in [0.1, 0.15) is 22.1 Å². The molecule has 2 aromatic carbocycles. The number of hydrogen-bond acceptors (Lipinski definition) is 0. The first-order chi connectivity index (χ1) is 8.59. The third kappa shape index (κ3) is 2.93. The predicted octanol–water partition coefficient (Wildman–Crippen LogP) is 5.42. The normalized spacial score (nSPS) is 12.4. The lowest BCUT2D eigenvalue weighted by atomic mass is 10.00. The Kier molecular flexibility index (Phi) is 4.41. The maximum Gasteiger partial charge on any atom is 0.126 e. The van der Waals surface area contributed by atoms with E-state index in [4.69, 9.17) is 11.6 Å². The summed E-state index contributed by atoms with van der Waals surface area (Å²) in [6, 6.07) is 12.7. The first-order valence-corrected chi connectivity index (χ1v) is 6.95. The second-order valence-electron chi connectivity index (χ2n) is 4.22. The minimum Gasteiger partial charge on any atom is -0.207 e. The second kappa shape index (κ2) is 5.85. The Balaban J connectivity index is 2.25. The van der Waals surface area contributed by atoms with Crippen LogP contribution in [0.2, 0.25) is 0 Å². The van der Waals surface area contributed by atoms with Gasteiger partial charge >= 0.3 is 0 Å². The Morgan fingerprint density at radius 1 is 1.17 bits per heavy atom. The summed E-state index contributed by atoms with van der Waals surface area (Å²) < 4.78 is 14.6. The molecule has 0 saturated heterocycles. The quantitative estimate of drug-likeness (QED) is 0.660. The van der Waals surface area contributed by atoms with Crippen LogP contribution in [0.5, 0.6) is 0 Å². The standard InChI is InChI=1S/C15H13BrClF/c1-10-12(6-4-7-13(10)16)14(17)9-11-5-2-3-8-15(11)18/h2-8,14H,9H2,1H3. The third-order valence-electron chi connectivity index (χ3n) is 3.00. The van der Waals surface area contributed by atoms with Crippen molar-refractivity contribution >= 4 is 27.5 Å². The van der Waals surface area contributed by atoms with Crippen molar-refractivity contribution in [1.29, 1.82) is 0 Å². The molecule has 2 rings (SSSR count). The molecule has 0 radical (unpaired) electrons. The first kappa shape index (κ1) is 13.6. The largest absolute Gasteiger partial charge is 0.207 e. The molecule has 0 fully saturated rings. The summed E-state index contributed by atoms with van der Waals surface area (Å²) in [4.78, 5) is 0. The van der Waals surface area contributed by atoms with Crippen molar-refractivity contribution in [3.63, 3.8) is 0 Å². The van der Waals surface area contributed by atoms with E-state index >= 15 is 0 Å². The topological polar surface area (TPSA) is 0 Å². The maximum atomic E-state index is 13.6. The fourth-order valence-electron chi connectivity index (χ4n) is 1.93. The molecule has 0 bridgehead atoms. The van der Waals surface area contributed by atoms with E-state index in [9.17, 15) is 4.39 Å². The SMILES string of the molecule is Cc1c(Br)cccc1C(Cl)Cc1ccccc1F. The molecule has 0 aliphatic rings. The van der Waals surface area contributed by atoms with Gasteiger partial charge in [0.05, 0.1) is 5.38 Å². The van der Waals surface area contributed by atoms with Crippen molar-refractivity contribution in [3.8, 4) is 0 Å². The molecular formula is C15H13BrClF. The Hall–Kier alpha value is -0.860. The minimum atomic E-state index is -0.223. The summed E-state index contributed by atoms with van der Waals surface area (Å²) in [5.74, 6) is -0.198. The molecule has 0 spiro atoms. The van der Waals surface area contributed by atoms with Crippen LogP contribution in [0, 0.1) is 12.7 Å². The second-order valence-corrected chi connectivity index (χ2v) is 5.60. The van der Waals surface area contributed by atoms with Crippen molar-refractivity contribution in [2.45, 2.75) is 18.7 Å². The van der Waals surface area contributed by atoms with Gasteiger partial charge < -0.3 is 0 Å². The number of hydrogen-bond donors (Lipinski definition) is 0. The number of benzene rings is 2. The van der Waals surface area contributed by atoms with Crippen LogP contribution < -0.4 is 0 Å². The van der Waals surface area contributed by atoms with Crippen LogP contribution in [0.25, 0.3) is 0 Å². The van der Waals surface area contributed by atoms with E-state index in [0.29, 0.717) is 12.0 Å². The minimum absolute atomic E-state index is 0.198. The monoisotopic (exact) mass is 326 g/mol. The molecule has 2 aromatic rings. The zero-order chi connectivity index (χ0) is 13.1. The van der Waals surface area contributed by atoms with Gasteiger partial charge in [0.15, 0.2) is 0 Å². The van der Waals surface area contributed by atoms with E-state index in [1.165, 1.54) is 6.07 Å². The lowest BCUT2D eigenvalue weighted by Crippen LogP contribution is -2.00. The molecule has 0 N–H and O–H groups in total. The summed E-state index contributed by atoms with van der Waals surface area (Å²) in [6.45, 7) is 2.01. The first-order valence-electron chi connectivity index (χ1n) is 5.72. The predicted molar refractivity (Wildman–Crippen MR) is 77.6 cm³/mol. The molecule has 94 valence electrons. The van der Waals surface area contributed by atoms with Crippen molar-refractivity contribution in [1.82, 2.24) is 0 Å². The average molecular weight is 328 g/mol. The van der Waals surface area contributed by atoms with Gasteiger partial charge in [-0.05, 0) is 42.2 Å². The molecule has 1 unspecified atom stereocenters. The molecule has 0 saturated carbocycles. The van der Waals surface area contributed by atoms with Crippen LogP contribution in [-0.4, -0.2) is 0 Å². The van der Waals surface area contributed by atoms with Gasteiger partial charge in [0.2, 0.25) is 0 Å². The van der Waals surface area contributed by atoms with Gasteiger partial charge in [0.25, 0.3) is 0 Å². The maximum absolute atomic E-state index is 13.6. The zero-order valence-corrected chi connectivity index (χ0v) is 12.3. The van der Waals surface area contributed by atoms with Gasteiger partial charge in [-0.1, -0.05) is 46.3 Å². The fourth-order valence-corrected chi connectivity index (χ4v) is 2.71. The van der Waals surface area contributed by atoms with E-state index < -0.39 is 0 Å². The Morgan fingerprint density at radius 2 is 1.89 bits per heavy atom. The Bertz CT molecular complexity index is 554. The Morgan fingerprint density at radius 3 is 2.61 bits per heavy atom.